The summed E-state index contributed by atoms with van der Waals surface area (Å²) in [5, 5.41) is 9.10. The molecule has 17 heavy (non-hydrogen) atoms. The first kappa shape index (κ1) is 14.5. The van der Waals surface area contributed by atoms with Crippen molar-refractivity contribution < 1.29 is 9.90 Å². The molecule has 1 unspecified atom stereocenters. The van der Waals surface area contributed by atoms with Gasteiger partial charge in [-0.25, -0.2) is 0 Å². The molecule has 4 nitrogen and oxygen atoms in total. The summed E-state index contributed by atoms with van der Waals surface area (Å²) >= 11 is 0. The molecule has 1 amide bonds. The van der Waals surface area contributed by atoms with Gasteiger partial charge in [0.15, 0.2) is 0 Å². The minimum absolute atomic E-state index is 0.0189. The summed E-state index contributed by atoms with van der Waals surface area (Å²) in [6.45, 7) is 9.75. The van der Waals surface area contributed by atoms with Gasteiger partial charge in [0.2, 0.25) is 5.91 Å². The number of likely N-dealkylation sites (N-methyl/N-ethyl adjacent to an activating group) is 1. The highest BCUT2D eigenvalue weighted by Gasteiger charge is 2.28. The summed E-state index contributed by atoms with van der Waals surface area (Å²) < 4.78 is 0. The lowest BCUT2D eigenvalue weighted by atomic mass is 9.97. The first-order valence-electron chi connectivity index (χ1n) is 6.77. The number of piperidine rings is 1. The molecule has 0 spiro atoms. The van der Waals surface area contributed by atoms with E-state index in [1.54, 1.807) is 0 Å². The Morgan fingerprint density at radius 2 is 1.88 bits per heavy atom. The molecule has 0 aromatic carbocycles. The number of amides is 1. The predicted octanol–water partition coefficient (Wildman–Crippen LogP) is 0.948. The molecule has 1 atom stereocenters. The predicted molar refractivity (Wildman–Crippen MR) is 68.8 cm³/mol. The lowest BCUT2D eigenvalue weighted by Gasteiger charge is -2.36. The fourth-order valence-electron chi connectivity index (χ4n) is 2.48. The van der Waals surface area contributed by atoms with Gasteiger partial charge >= 0.3 is 0 Å². The van der Waals surface area contributed by atoms with Gasteiger partial charge in [-0.15, -0.1) is 0 Å². The molecule has 0 bridgehead atoms. The van der Waals surface area contributed by atoms with Crippen molar-refractivity contribution in [3.05, 3.63) is 0 Å². The van der Waals surface area contributed by atoms with Crippen molar-refractivity contribution in [1.29, 1.82) is 0 Å². The normalized spacial score (nSPS) is 20.2. The fraction of sp³-hybridized carbons (Fsp3) is 0.923. The van der Waals surface area contributed by atoms with Crippen LogP contribution in [0.5, 0.6) is 0 Å². The summed E-state index contributed by atoms with van der Waals surface area (Å²) in [5.74, 6) is 0.666. The second-order valence-corrected chi connectivity index (χ2v) is 4.85. The van der Waals surface area contributed by atoms with Crippen molar-refractivity contribution in [2.24, 2.45) is 5.92 Å². The minimum atomic E-state index is -0.0189. The van der Waals surface area contributed by atoms with Crippen LogP contribution in [0.1, 0.15) is 33.6 Å². The van der Waals surface area contributed by atoms with Crippen LogP contribution in [-0.2, 0) is 4.79 Å². The maximum atomic E-state index is 12.2. The van der Waals surface area contributed by atoms with Crippen LogP contribution in [0, 0.1) is 5.92 Å². The van der Waals surface area contributed by atoms with E-state index >= 15 is 0 Å². The summed E-state index contributed by atoms with van der Waals surface area (Å²) in [5.41, 5.74) is 0. The van der Waals surface area contributed by atoms with Gasteiger partial charge in [0.05, 0.1) is 6.04 Å². The summed E-state index contributed by atoms with van der Waals surface area (Å²) in [6.07, 6.45) is 2.01. The number of hydrogen-bond donors (Lipinski definition) is 1. The number of rotatable bonds is 5. The Kier molecular flexibility index (Phi) is 5.92. The van der Waals surface area contributed by atoms with E-state index < -0.39 is 0 Å². The summed E-state index contributed by atoms with van der Waals surface area (Å²) in [7, 11) is 0. The first-order valence-corrected chi connectivity index (χ1v) is 6.77. The van der Waals surface area contributed by atoms with Gasteiger partial charge < -0.3 is 10.0 Å². The highest BCUT2D eigenvalue weighted by molar-refractivity contribution is 5.81. The Hall–Kier alpha value is -0.610. The van der Waals surface area contributed by atoms with Gasteiger partial charge in [0.25, 0.3) is 0 Å². The van der Waals surface area contributed by atoms with Crippen molar-refractivity contribution in [3.8, 4) is 0 Å². The standard InChI is InChI=1S/C13H26N2O2/c1-4-14(5-2)13(17)11(3)15-8-6-12(10-16)7-9-15/h11-12,16H,4-10H2,1-3H3. The van der Waals surface area contributed by atoms with Crippen LogP contribution in [0.4, 0.5) is 0 Å². The van der Waals surface area contributed by atoms with E-state index in [1.165, 1.54) is 0 Å². The molecule has 1 rings (SSSR count). The highest BCUT2D eigenvalue weighted by Crippen LogP contribution is 2.19. The molecule has 1 heterocycles. The number of aliphatic hydroxyl groups is 1. The number of nitrogens with zero attached hydrogens (tertiary/aromatic N) is 2. The minimum Gasteiger partial charge on any atom is -0.396 e. The quantitative estimate of drug-likeness (QED) is 0.780. The summed E-state index contributed by atoms with van der Waals surface area (Å²) in [4.78, 5) is 16.3. The third-order valence-electron chi connectivity index (χ3n) is 3.89. The molecular weight excluding hydrogens is 216 g/mol. The topological polar surface area (TPSA) is 43.8 Å². The molecule has 0 saturated carbocycles. The Morgan fingerprint density at radius 1 is 1.35 bits per heavy atom. The molecular formula is C13H26N2O2. The number of likely N-dealkylation sites (tertiary alicyclic amines) is 1. The van der Waals surface area contributed by atoms with Crippen LogP contribution < -0.4 is 0 Å². The number of carbonyl (C=O) groups is 1. The number of hydrogen-bond acceptors (Lipinski definition) is 3. The Morgan fingerprint density at radius 3 is 2.29 bits per heavy atom. The van der Waals surface area contributed by atoms with Crippen molar-refractivity contribution in [3.63, 3.8) is 0 Å². The van der Waals surface area contributed by atoms with E-state index in [1.807, 2.05) is 25.7 Å². The SMILES string of the molecule is CCN(CC)C(=O)C(C)N1CCC(CO)CC1. The molecule has 1 saturated heterocycles. The molecule has 0 aliphatic carbocycles. The molecule has 0 aromatic rings. The average Bonchev–Trinajstić information content (AvgIpc) is 2.39. The van der Waals surface area contributed by atoms with E-state index in [9.17, 15) is 4.79 Å². The summed E-state index contributed by atoms with van der Waals surface area (Å²) in [6, 6.07) is -0.0189. The smallest absolute Gasteiger partial charge is 0.239 e. The molecule has 0 radical (unpaired) electrons. The van der Waals surface area contributed by atoms with Crippen LogP contribution in [0.15, 0.2) is 0 Å². The van der Waals surface area contributed by atoms with E-state index in [0.29, 0.717) is 5.92 Å². The van der Waals surface area contributed by atoms with E-state index in [-0.39, 0.29) is 18.6 Å². The molecule has 1 aliphatic heterocycles. The number of aliphatic hydroxyl groups excluding tert-OH is 1. The Labute approximate surface area is 105 Å². The third-order valence-corrected chi connectivity index (χ3v) is 3.89. The monoisotopic (exact) mass is 242 g/mol. The second-order valence-electron chi connectivity index (χ2n) is 4.85. The van der Waals surface area contributed by atoms with Crippen molar-refractivity contribution in [2.45, 2.75) is 39.7 Å². The van der Waals surface area contributed by atoms with Crippen molar-refractivity contribution in [2.75, 3.05) is 32.8 Å². The Balaban J connectivity index is 2.47. The van der Waals surface area contributed by atoms with Crippen LogP contribution in [0.3, 0.4) is 0 Å². The number of carbonyl (C=O) groups excluding carboxylic acids is 1. The molecule has 1 aliphatic rings. The highest BCUT2D eigenvalue weighted by atomic mass is 16.3. The third kappa shape index (κ3) is 3.68. The molecule has 1 N–H and O–H groups in total. The second kappa shape index (κ2) is 6.97. The maximum Gasteiger partial charge on any atom is 0.239 e. The molecule has 4 heteroatoms. The van der Waals surface area contributed by atoms with Crippen molar-refractivity contribution >= 4 is 5.91 Å². The average molecular weight is 242 g/mol. The molecule has 100 valence electrons. The van der Waals surface area contributed by atoms with Gasteiger partial charge in [-0.3, -0.25) is 9.69 Å². The van der Waals surface area contributed by atoms with Crippen LogP contribution in [0.25, 0.3) is 0 Å². The zero-order valence-corrected chi connectivity index (χ0v) is 11.4. The van der Waals surface area contributed by atoms with Crippen LogP contribution in [-0.4, -0.2) is 59.6 Å². The van der Waals surface area contributed by atoms with Crippen LogP contribution >= 0.6 is 0 Å². The van der Waals surface area contributed by atoms with Gasteiger partial charge in [0, 0.05) is 19.7 Å². The van der Waals surface area contributed by atoms with Crippen LogP contribution in [0.2, 0.25) is 0 Å². The van der Waals surface area contributed by atoms with Gasteiger partial charge in [-0.05, 0) is 52.6 Å². The van der Waals surface area contributed by atoms with Gasteiger partial charge in [0.1, 0.15) is 0 Å². The van der Waals surface area contributed by atoms with E-state index in [2.05, 4.69) is 4.90 Å². The zero-order chi connectivity index (χ0) is 12.8. The first-order chi connectivity index (χ1) is 8.13. The Bertz CT molecular complexity index is 234. The fourth-order valence-corrected chi connectivity index (χ4v) is 2.48. The maximum absolute atomic E-state index is 12.2. The lowest BCUT2D eigenvalue weighted by Crippen LogP contribution is -2.49. The van der Waals surface area contributed by atoms with E-state index in [0.717, 1.165) is 39.0 Å². The zero-order valence-electron chi connectivity index (χ0n) is 11.4. The molecule has 1 fully saturated rings. The molecule has 0 aromatic heterocycles. The largest absolute Gasteiger partial charge is 0.396 e. The van der Waals surface area contributed by atoms with Gasteiger partial charge in [-0.1, -0.05) is 0 Å². The lowest BCUT2D eigenvalue weighted by molar-refractivity contribution is -0.136. The van der Waals surface area contributed by atoms with Crippen molar-refractivity contribution in [1.82, 2.24) is 9.80 Å². The van der Waals surface area contributed by atoms with Gasteiger partial charge in [-0.2, -0.15) is 0 Å². The van der Waals surface area contributed by atoms with E-state index in [4.69, 9.17) is 5.11 Å².